The number of ether oxygens (including phenoxy) is 1. The maximum atomic E-state index is 13.6. The van der Waals surface area contributed by atoms with Crippen molar-refractivity contribution in [1.82, 2.24) is 4.90 Å². The number of methoxy groups -OCH3 is 1. The average Bonchev–Trinajstić information content (AvgIpc) is 2.79. The van der Waals surface area contributed by atoms with Crippen LogP contribution in [0.15, 0.2) is 36.4 Å². The fourth-order valence-electron chi connectivity index (χ4n) is 4.70. The van der Waals surface area contributed by atoms with E-state index in [1.165, 1.54) is 11.1 Å². The highest BCUT2D eigenvalue weighted by atomic mass is 16.5. The van der Waals surface area contributed by atoms with Crippen LogP contribution in [0.1, 0.15) is 46.3 Å². The number of amides is 2. The van der Waals surface area contributed by atoms with Gasteiger partial charge in [0.25, 0.3) is 5.91 Å². The largest absolute Gasteiger partial charge is 0.495 e. The zero-order chi connectivity index (χ0) is 21.3. The molecule has 30 heavy (non-hydrogen) atoms. The van der Waals surface area contributed by atoms with Gasteiger partial charge in [0.05, 0.1) is 18.7 Å². The number of hydrogen-bond acceptors (Lipinski definition) is 3. The molecule has 1 unspecified atom stereocenters. The van der Waals surface area contributed by atoms with Crippen LogP contribution in [-0.4, -0.2) is 43.5 Å². The molecule has 1 saturated heterocycles. The molecular formula is C25H30N2O3. The van der Waals surface area contributed by atoms with Crippen molar-refractivity contribution in [3.8, 4) is 5.75 Å². The summed E-state index contributed by atoms with van der Waals surface area (Å²) in [5, 5.41) is 0. The lowest BCUT2D eigenvalue weighted by Crippen LogP contribution is -2.48. The zero-order valence-electron chi connectivity index (χ0n) is 18.1. The number of likely N-dealkylation sites (tertiary alicyclic amines) is 1. The van der Waals surface area contributed by atoms with Crippen molar-refractivity contribution >= 4 is 17.5 Å². The Morgan fingerprint density at radius 2 is 1.77 bits per heavy atom. The molecule has 2 aromatic rings. The fraction of sp³-hybridized carbons (Fsp3) is 0.440. The highest BCUT2D eigenvalue weighted by molar-refractivity contribution is 5.99. The molecule has 158 valence electrons. The van der Waals surface area contributed by atoms with E-state index in [9.17, 15) is 9.59 Å². The molecule has 1 fully saturated rings. The number of aryl methyl sites for hydroxylation is 2. The van der Waals surface area contributed by atoms with E-state index < -0.39 is 0 Å². The van der Waals surface area contributed by atoms with Crippen LogP contribution >= 0.6 is 0 Å². The molecule has 2 amide bonds. The first kappa shape index (κ1) is 20.5. The van der Waals surface area contributed by atoms with Crippen molar-refractivity contribution in [1.29, 1.82) is 0 Å². The number of benzene rings is 2. The Morgan fingerprint density at radius 3 is 2.50 bits per heavy atom. The van der Waals surface area contributed by atoms with Crippen molar-refractivity contribution < 1.29 is 14.3 Å². The molecule has 0 radical (unpaired) electrons. The quantitative estimate of drug-likeness (QED) is 0.770. The lowest BCUT2D eigenvalue weighted by molar-refractivity contribution is -0.123. The lowest BCUT2D eigenvalue weighted by Gasteiger charge is -2.38. The third-order valence-electron chi connectivity index (χ3n) is 6.40. The number of piperidine rings is 1. The molecule has 1 atom stereocenters. The fourth-order valence-corrected chi connectivity index (χ4v) is 4.70. The van der Waals surface area contributed by atoms with Gasteiger partial charge in [-0.1, -0.05) is 23.8 Å². The predicted molar refractivity (Wildman–Crippen MR) is 118 cm³/mol. The molecule has 0 N–H and O–H groups in total. The minimum atomic E-state index is -0.177. The molecule has 4 rings (SSSR count). The van der Waals surface area contributed by atoms with E-state index >= 15 is 0 Å². The summed E-state index contributed by atoms with van der Waals surface area (Å²) in [5.74, 6) is 0.706. The normalized spacial score (nSPS) is 18.7. The van der Waals surface area contributed by atoms with E-state index in [-0.39, 0.29) is 17.7 Å². The van der Waals surface area contributed by atoms with Crippen molar-refractivity contribution in [3.05, 3.63) is 58.7 Å². The first-order chi connectivity index (χ1) is 14.5. The summed E-state index contributed by atoms with van der Waals surface area (Å²) in [6.45, 7) is 5.99. The maximum Gasteiger partial charge on any atom is 0.253 e. The Bertz CT molecular complexity index is 952. The average molecular weight is 407 g/mol. The van der Waals surface area contributed by atoms with Crippen LogP contribution in [-0.2, 0) is 11.2 Å². The van der Waals surface area contributed by atoms with E-state index in [1.54, 1.807) is 7.11 Å². The predicted octanol–water partition coefficient (Wildman–Crippen LogP) is 4.14. The topological polar surface area (TPSA) is 49.9 Å². The van der Waals surface area contributed by atoms with Gasteiger partial charge >= 0.3 is 0 Å². The highest BCUT2D eigenvalue weighted by Crippen LogP contribution is 2.39. The minimum absolute atomic E-state index is 0.0139. The minimum Gasteiger partial charge on any atom is -0.495 e. The first-order valence-corrected chi connectivity index (χ1v) is 10.8. The van der Waals surface area contributed by atoms with Crippen LogP contribution in [0, 0.1) is 19.8 Å². The van der Waals surface area contributed by atoms with Gasteiger partial charge in [-0.15, -0.1) is 0 Å². The molecule has 2 aromatic carbocycles. The first-order valence-electron chi connectivity index (χ1n) is 10.8. The number of rotatable bonds is 3. The lowest BCUT2D eigenvalue weighted by atomic mass is 9.92. The number of hydrogen-bond donors (Lipinski definition) is 0. The number of carbonyl (C=O) groups is 2. The van der Waals surface area contributed by atoms with Gasteiger partial charge in [-0.2, -0.15) is 0 Å². The molecule has 5 heteroatoms. The summed E-state index contributed by atoms with van der Waals surface area (Å²) >= 11 is 0. The van der Waals surface area contributed by atoms with Crippen LogP contribution in [0.25, 0.3) is 0 Å². The van der Waals surface area contributed by atoms with Crippen molar-refractivity contribution in [3.63, 3.8) is 0 Å². The van der Waals surface area contributed by atoms with Gasteiger partial charge in [0, 0.05) is 25.2 Å². The van der Waals surface area contributed by atoms with Crippen LogP contribution in [0.3, 0.4) is 0 Å². The van der Waals surface area contributed by atoms with Crippen LogP contribution in [0.5, 0.6) is 5.75 Å². The molecule has 0 aliphatic carbocycles. The van der Waals surface area contributed by atoms with Gasteiger partial charge in [0.2, 0.25) is 5.91 Å². The van der Waals surface area contributed by atoms with Crippen molar-refractivity contribution in [2.75, 3.05) is 31.6 Å². The monoisotopic (exact) mass is 406 g/mol. The smallest absolute Gasteiger partial charge is 0.253 e. The maximum absolute atomic E-state index is 13.6. The molecule has 0 bridgehead atoms. The summed E-state index contributed by atoms with van der Waals surface area (Å²) in [7, 11) is 1.66. The van der Waals surface area contributed by atoms with Gasteiger partial charge in [-0.3, -0.25) is 9.59 Å². The Morgan fingerprint density at radius 1 is 1.00 bits per heavy atom. The molecule has 0 aromatic heterocycles. The second-order valence-corrected chi connectivity index (χ2v) is 8.46. The van der Waals surface area contributed by atoms with Crippen molar-refractivity contribution in [2.24, 2.45) is 5.92 Å². The van der Waals surface area contributed by atoms with Crippen LogP contribution in [0.4, 0.5) is 5.69 Å². The molecular weight excluding hydrogens is 376 g/mol. The third-order valence-corrected chi connectivity index (χ3v) is 6.40. The van der Waals surface area contributed by atoms with Gasteiger partial charge in [-0.25, -0.2) is 0 Å². The van der Waals surface area contributed by atoms with Crippen LogP contribution < -0.4 is 9.64 Å². The SMILES string of the molecule is COc1ccc(C)c2c1N(C(=O)C1CCCN(C(=O)c3ccc(C)cc3)C1)CCC2. The molecule has 2 aliphatic heterocycles. The van der Waals surface area contributed by atoms with E-state index in [0.717, 1.165) is 42.7 Å². The molecule has 5 nitrogen and oxygen atoms in total. The highest BCUT2D eigenvalue weighted by Gasteiger charge is 2.35. The summed E-state index contributed by atoms with van der Waals surface area (Å²) in [5.41, 5.74) is 5.15. The number of anilines is 1. The standard InChI is InChI=1S/C25H30N2O3/c1-17-8-11-19(12-9-17)24(28)26-14-4-6-20(16-26)25(29)27-15-5-7-21-18(2)10-13-22(30-3)23(21)27/h8-13,20H,4-7,14-16H2,1-3H3. The van der Waals surface area contributed by atoms with Gasteiger partial charge in [0.15, 0.2) is 0 Å². The summed E-state index contributed by atoms with van der Waals surface area (Å²) < 4.78 is 5.60. The second kappa shape index (κ2) is 8.50. The zero-order valence-corrected chi connectivity index (χ0v) is 18.1. The summed E-state index contributed by atoms with van der Waals surface area (Å²) in [6.07, 6.45) is 3.58. The van der Waals surface area contributed by atoms with Crippen molar-refractivity contribution in [2.45, 2.75) is 39.5 Å². The van der Waals surface area contributed by atoms with E-state index in [1.807, 2.05) is 47.1 Å². The summed E-state index contributed by atoms with van der Waals surface area (Å²) in [6, 6.07) is 11.7. The molecule has 2 aliphatic rings. The van der Waals surface area contributed by atoms with Gasteiger partial charge < -0.3 is 14.5 Å². The Kier molecular flexibility index (Phi) is 5.80. The second-order valence-electron chi connectivity index (χ2n) is 8.46. The van der Waals surface area contributed by atoms with Crippen LogP contribution in [0.2, 0.25) is 0 Å². The Hall–Kier alpha value is -2.82. The van der Waals surface area contributed by atoms with Gasteiger partial charge in [-0.05, 0) is 68.9 Å². The number of fused-ring (bicyclic) bond motifs is 1. The van der Waals surface area contributed by atoms with E-state index in [2.05, 4.69) is 13.0 Å². The molecule has 2 heterocycles. The van der Waals surface area contributed by atoms with E-state index in [4.69, 9.17) is 4.74 Å². The number of carbonyl (C=O) groups excluding carboxylic acids is 2. The summed E-state index contributed by atoms with van der Waals surface area (Å²) in [4.78, 5) is 30.3. The van der Waals surface area contributed by atoms with Gasteiger partial charge in [0.1, 0.15) is 5.75 Å². The number of nitrogens with zero attached hydrogens (tertiary/aromatic N) is 2. The van der Waals surface area contributed by atoms with E-state index in [0.29, 0.717) is 25.2 Å². The Labute approximate surface area is 178 Å². The molecule has 0 saturated carbocycles. The third kappa shape index (κ3) is 3.81. The Balaban J connectivity index is 1.55. The molecule has 0 spiro atoms.